The van der Waals surface area contributed by atoms with E-state index in [9.17, 15) is 4.79 Å². The standard InChI is InChI=1S/C12H19BrN4O/c1-17(2)9-5-3-4-8-14-12(18)10-6-7-11(13)16-15-10/h6-7H,3-5,8-9H2,1-2H3,(H,14,18)/i13-4. The summed E-state index contributed by atoms with van der Waals surface area (Å²) in [6.07, 6.45) is 3.26. The first-order valence-corrected chi connectivity index (χ1v) is 6.81. The van der Waals surface area contributed by atoms with Crippen molar-refractivity contribution in [2.24, 2.45) is 0 Å². The summed E-state index contributed by atoms with van der Waals surface area (Å²) in [4.78, 5) is 13.8. The van der Waals surface area contributed by atoms with Gasteiger partial charge in [-0.05, 0) is 61.5 Å². The Labute approximate surface area is 116 Å². The van der Waals surface area contributed by atoms with Crippen molar-refractivity contribution < 1.29 is 4.79 Å². The van der Waals surface area contributed by atoms with Crippen LogP contribution in [0.5, 0.6) is 0 Å². The lowest BCUT2D eigenvalue weighted by atomic mass is 10.2. The van der Waals surface area contributed by atoms with E-state index in [0.29, 0.717) is 16.8 Å². The average Bonchev–Trinajstić information content (AvgIpc) is 2.34. The molecule has 0 fully saturated rings. The number of hydrogen-bond acceptors (Lipinski definition) is 4. The summed E-state index contributed by atoms with van der Waals surface area (Å²) in [5.74, 6) is -0.164. The molecule has 0 saturated carbocycles. The fourth-order valence-corrected chi connectivity index (χ4v) is 1.67. The van der Waals surface area contributed by atoms with Crippen LogP contribution in [0.25, 0.3) is 0 Å². The van der Waals surface area contributed by atoms with Crippen LogP contribution in [-0.2, 0) is 0 Å². The number of aromatic nitrogens is 2. The Morgan fingerprint density at radius 3 is 2.67 bits per heavy atom. The Bertz CT molecular complexity index is 367. The van der Waals surface area contributed by atoms with E-state index in [0.717, 1.165) is 25.8 Å². The Morgan fingerprint density at radius 2 is 2.06 bits per heavy atom. The molecule has 0 radical (unpaired) electrons. The highest BCUT2D eigenvalue weighted by atomic mass is 75.9. The van der Waals surface area contributed by atoms with Gasteiger partial charge in [0.05, 0.1) is 0 Å². The second-order valence-electron chi connectivity index (χ2n) is 4.36. The molecule has 100 valence electrons. The van der Waals surface area contributed by atoms with Gasteiger partial charge in [-0.25, -0.2) is 0 Å². The molecule has 1 aromatic heterocycles. The molecule has 0 saturated heterocycles. The lowest BCUT2D eigenvalue weighted by molar-refractivity contribution is 0.0947. The molecule has 1 heterocycles. The molecule has 0 atom stereocenters. The second-order valence-corrected chi connectivity index (χ2v) is 5.17. The van der Waals surface area contributed by atoms with Crippen molar-refractivity contribution in [1.29, 1.82) is 0 Å². The Balaban J connectivity index is 2.16. The van der Waals surface area contributed by atoms with E-state index in [4.69, 9.17) is 0 Å². The van der Waals surface area contributed by atoms with Crippen LogP contribution in [-0.4, -0.2) is 48.2 Å². The van der Waals surface area contributed by atoms with Gasteiger partial charge in [0.1, 0.15) is 4.60 Å². The fraction of sp³-hybridized carbons (Fsp3) is 0.583. The molecular weight excluding hydrogens is 292 g/mol. The van der Waals surface area contributed by atoms with Gasteiger partial charge in [0.25, 0.3) is 5.91 Å². The Kier molecular flexibility index (Phi) is 6.82. The molecule has 18 heavy (non-hydrogen) atoms. The lowest BCUT2D eigenvalue weighted by Crippen LogP contribution is -2.25. The number of nitrogens with zero attached hydrogens (tertiary/aromatic N) is 3. The highest BCUT2D eigenvalue weighted by molar-refractivity contribution is 9.10. The maximum Gasteiger partial charge on any atom is 0.271 e. The maximum absolute atomic E-state index is 11.7. The van der Waals surface area contributed by atoms with Crippen LogP contribution in [0.4, 0.5) is 0 Å². The molecule has 1 N–H and O–H groups in total. The minimum absolute atomic E-state index is 0.164. The van der Waals surface area contributed by atoms with E-state index >= 15 is 0 Å². The molecular formula is C12H19BrN4O. The van der Waals surface area contributed by atoms with Crippen molar-refractivity contribution in [3.05, 3.63) is 22.4 Å². The van der Waals surface area contributed by atoms with E-state index < -0.39 is 0 Å². The van der Waals surface area contributed by atoms with Crippen LogP contribution < -0.4 is 5.32 Å². The average molecular weight is 311 g/mol. The van der Waals surface area contributed by atoms with Crippen LogP contribution in [0, 0.1) is 0 Å². The molecule has 0 bridgehead atoms. The smallest absolute Gasteiger partial charge is 0.271 e. The van der Waals surface area contributed by atoms with Gasteiger partial charge >= 0.3 is 0 Å². The zero-order valence-corrected chi connectivity index (χ0v) is 12.4. The van der Waals surface area contributed by atoms with E-state index in [1.807, 2.05) is 0 Å². The largest absolute Gasteiger partial charge is 0.351 e. The van der Waals surface area contributed by atoms with Crippen molar-refractivity contribution in [2.75, 3.05) is 27.2 Å². The van der Waals surface area contributed by atoms with Crippen LogP contribution in [0.1, 0.15) is 29.8 Å². The van der Waals surface area contributed by atoms with Crippen LogP contribution >= 0.6 is 15.9 Å². The van der Waals surface area contributed by atoms with Gasteiger partial charge in [-0.2, -0.15) is 0 Å². The second kappa shape index (κ2) is 8.16. The first-order chi connectivity index (χ1) is 8.59. The number of unbranched alkanes of at least 4 members (excludes halogenated alkanes) is 2. The number of amides is 1. The van der Waals surface area contributed by atoms with Crippen LogP contribution in [0.15, 0.2) is 16.7 Å². The molecule has 5 nitrogen and oxygen atoms in total. The number of nitrogens with one attached hydrogen (secondary N) is 1. The first-order valence-electron chi connectivity index (χ1n) is 6.02. The number of rotatable bonds is 7. The SMILES string of the molecule is CN(C)CCCCCNC(=O)c1ccc([76Br])nn1. The topological polar surface area (TPSA) is 58.1 Å². The van der Waals surface area contributed by atoms with E-state index in [-0.39, 0.29) is 5.91 Å². The quantitative estimate of drug-likeness (QED) is 0.779. The number of carbonyl (C=O) groups excluding carboxylic acids is 1. The predicted molar refractivity (Wildman–Crippen MR) is 74.5 cm³/mol. The third-order valence-electron chi connectivity index (χ3n) is 2.43. The molecule has 0 aliphatic heterocycles. The first kappa shape index (κ1) is 15.0. The third-order valence-corrected chi connectivity index (χ3v) is 2.86. The lowest BCUT2D eigenvalue weighted by Gasteiger charge is -2.08. The molecule has 6 heteroatoms. The summed E-state index contributed by atoms with van der Waals surface area (Å²) >= 11 is 3.18. The van der Waals surface area contributed by atoms with E-state index in [1.165, 1.54) is 0 Å². The summed E-state index contributed by atoms with van der Waals surface area (Å²) in [5, 5.41) is 10.4. The van der Waals surface area contributed by atoms with Gasteiger partial charge in [-0.15, -0.1) is 10.2 Å². The predicted octanol–water partition coefficient (Wildman–Crippen LogP) is 1.70. The van der Waals surface area contributed by atoms with E-state index in [1.54, 1.807) is 12.1 Å². The summed E-state index contributed by atoms with van der Waals surface area (Å²) in [5.41, 5.74) is 0.353. The zero-order valence-electron chi connectivity index (χ0n) is 10.8. The highest BCUT2D eigenvalue weighted by Gasteiger charge is 2.06. The molecule has 1 amide bonds. The van der Waals surface area contributed by atoms with Gasteiger partial charge in [0.2, 0.25) is 0 Å². The van der Waals surface area contributed by atoms with Crippen molar-refractivity contribution in [2.45, 2.75) is 19.3 Å². The molecule has 0 spiro atoms. The maximum atomic E-state index is 11.7. The molecule has 0 unspecified atom stereocenters. The van der Waals surface area contributed by atoms with Gasteiger partial charge in [-0.1, -0.05) is 6.42 Å². The van der Waals surface area contributed by atoms with Gasteiger partial charge in [-0.3, -0.25) is 4.79 Å². The van der Waals surface area contributed by atoms with E-state index in [2.05, 4.69) is 50.4 Å². The number of carbonyl (C=O) groups is 1. The van der Waals surface area contributed by atoms with Crippen molar-refractivity contribution in [3.8, 4) is 0 Å². The summed E-state index contributed by atoms with van der Waals surface area (Å²) in [6.45, 7) is 1.77. The van der Waals surface area contributed by atoms with Crippen molar-refractivity contribution >= 4 is 21.8 Å². The van der Waals surface area contributed by atoms with Gasteiger partial charge in [0, 0.05) is 6.54 Å². The van der Waals surface area contributed by atoms with Crippen LogP contribution in [0.2, 0.25) is 0 Å². The highest BCUT2D eigenvalue weighted by Crippen LogP contribution is 2.03. The summed E-state index contributed by atoms with van der Waals surface area (Å²) < 4.78 is 0.628. The fourth-order valence-electron chi connectivity index (χ4n) is 1.46. The number of halogens is 1. The molecule has 0 aliphatic rings. The van der Waals surface area contributed by atoms with Gasteiger partial charge in [0.15, 0.2) is 5.69 Å². The Morgan fingerprint density at radius 1 is 1.28 bits per heavy atom. The van der Waals surface area contributed by atoms with Gasteiger partial charge < -0.3 is 10.2 Å². The molecule has 0 aromatic carbocycles. The third kappa shape index (κ3) is 6.07. The molecule has 0 aliphatic carbocycles. The normalized spacial score (nSPS) is 10.7. The van der Waals surface area contributed by atoms with Crippen molar-refractivity contribution in [3.63, 3.8) is 0 Å². The molecule has 1 aromatic rings. The molecule has 1 rings (SSSR count). The minimum Gasteiger partial charge on any atom is -0.351 e. The van der Waals surface area contributed by atoms with Crippen molar-refractivity contribution in [1.82, 2.24) is 20.4 Å². The minimum atomic E-state index is -0.164. The summed E-state index contributed by atoms with van der Waals surface area (Å²) in [6, 6.07) is 3.36. The summed E-state index contributed by atoms with van der Waals surface area (Å²) in [7, 11) is 4.13. The monoisotopic (exact) mass is 311 g/mol. The zero-order chi connectivity index (χ0) is 13.4. The Hall–Kier alpha value is -1.01. The number of hydrogen-bond donors (Lipinski definition) is 1. The van der Waals surface area contributed by atoms with Crippen LogP contribution in [0.3, 0.4) is 0 Å².